The summed E-state index contributed by atoms with van der Waals surface area (Å²) in [5, 5.41) is 2.88. The summed E-state index contributed by atoms with van der Waals surface area (Å²) in [6, 6.07) is 11.8. The molecule has 1 atom stereocenters. The first kappa shape index (κ1) is 15.5. The molecule has 0 saturated heterocycles. The van der Waals surface area contributed by atoms with Crippen molar-refractivity contribution in [3.8, 4) is 16.2 Å². The number of amides is 1. The maximum absolute atomic E-state index is 12.3. The lowest BCUT2D eigenvalue weighted by Crippen LogP contribution is -2.37. The van der Waals surface area contributed by atoms with Crippen LogP contribution in [0.25, 0.3) is 10.4 Å². The monoisotopic (exact) mass is 304 g/mol. The predicted octanol–water partition coefficient (Wildman–Crippen LogP) is 2.89. The van der Waals surface area contributed by atoms with Crippen molar-refractivity contribution in [2.24, 2.45) is 5.73 Å². The zero-order chi connectivity index (χ0) is 15.2. The van der Waals surface area contributed by atoms with Gasteiger partial charge in [-0.3, -0.25) is 4.79 Å². The molecule has 0 radical (unpaired) electrons. The van der Waals surface area contributed by atoms with E-state index >= 15 is 0 Å². The highest BCUT2D eigenvalue weighted by atomic mass is 32.1. The van der Waals surface area contributed by atoms with Crippen LogP contribution < -0.4 is 15.8 Å². The van der Waals surface area contributed by atoms with E-state index in [1.54, 1.807) is 0 Å². The normalized spacial score (nSPS) is 12.0. The number of hydrogen-bond acceptors (Lipinski definition) is 4. The molecule has 3 N–H and O–H groups in total. The molecule has 112 valence electrons. The van der Waals surface area contributed by atoms with Crippen molar-refractivity contribution in [1.29, 1.82) is 0 Å². The fourth-order valence-electron chi connectivity index (χ4n) is 1.89. The molecule has 0 spiro atoms. The molecule has 0 saturated carbocycles. The summed E-state index contributed by atoms with van der Waals surface area (Å²) in [4.78, 5) is 13.9. The number of ether oxygens (including phenoxy) is 1. The van der Waals surface area contributed by atoms with Crippen molar-refractivity contribution in [3.05, 3.63) is 41.3 Å². The average Bonchev–Trinajstić information content (AvgIpc) is 2.92. The van der Waals surface area contributed by atoms with Gasteiger partial charge in [0.15, 0.2) is 0 Å². The Kier molecular flexibility index (Phi) is 5.36. The van der Waals surface area contributed by atoms with E-state index in [0.29, 0.717) is 23.8 Å². The van der Waals surface area contributed by atoms with Crippen LogP contribution in [0, 0.1) is 0 Å². The van der Waals surface area contributed by atoms with E-state index in [0.717, 1.165) is 10.4 Å². The van der Waals surface area contributed by atoms with Crippen molar-refractivity contribution >= 4 is 17.2 Å². The standard InChI is InChI=1S/C16H20N2O2S/c1-3-20-13-9-14(12-7-5-4-6-8-12)21-15(13)16(19)18-11(2)10-17/h4-9,11H,3,10,17H2,1-2H3,(H,18,19)/t11-/m0/s1. The highest BCUT2D eigenvalue weighted by molar-refractivity contribution is 7.17. The number of nitrogens with two attached hydrogens (primary N) is 1. The molecule has 2 rings (SSSR count). The fourth-order valence-corrected chi connectivity index (χ4v) is 2.90. The van der Waals surface area contributed by atoms with Gasteiger partial charge in [-0.2, -0.15) is 0 Å². The Balaban J connectivity index is 2.31. The van der Waals surface area contributed by atoms with Gasteiger partial charge in [0, 0.05) is 17.5 Å². The van der Waals surface area contributed by atoms with Crippen LogP contribution in [0.4, 0.5) is 0 Å². The van der Waals surface area contributed by atoms with Crippen molar-refractivity contribution in [2.45, 2.75) is 19.9 Å². The smallest absolute Gasteiger partial charge is 0.265 e. The summed E-state index contributed by atoms with van der Waals surface area (Å²) in [6.45, 7) is 4.72. The van der Waals surface area contributed by atoms with Crippen molar-refractivity contribution in [2.75, 3.05) is 13.2 Å². The third-order valence-electron chi connectivity index (χ3n) is 2.99. The summed E-state index contributed by atoms with van der Waals surface area (Å²) in [7, 11) is 0. The van der Waals surface area contributed by atoms with Gasteiger partial charge in [0.25, 0.3) is 5.91 Å². The number of hydrogen-bond donors (Lipinski definition) is 2. The van der Waals surface area contributed by atoms with E-state index in [4.69, 9.17) is 10.5 Å². The minimum atomic E-state index is -0.136. The fraction of sp³-hybridized carbons (Fsp3) is 0.312. The Morgan fingerprint density at radius 3 is 2.71 bits per heavy atom. The number of carbonyl (C=O) groups excluding carboxylic acids is 1. The minimum Gasteiger partial charge on any atom is -0.492 e. The van der Waals surface area contributed by atoms with Crippen molar-refractivity contribution in [3.63, 3.8) is 0 Å². The number of benzene rings is 1. The van der Waals surface area contributed by atoms with Crippen LogP contribution in [0.1, 0.15) is 23.5 Å². The zero-order valence-electron chi connectivity index (χ0n) is 12.3. The molecule has 1 aromatic carbocycles. The van der Waals surface area contributed by atoms with Crippen LogP contribution in [0.2, 0.25) is 0 Å². The molecular formula is C16H20N2O2S. The van der Waals surface area contributed by atoms with Crippen molar-refractivity contribution in [1.82, 2.24) is 5.32 Å². The first-order valence-electron chi connectivity index (χ1n) is 6.98. The molecule has 1 heterocycles. The van der Waals surface area contributed by atoms with Gasteiger partial charge >= 0.3 is 0 Å². The average molecular weight is 304 g/mol. The van der Waals surface area contributed by atoms with E-state index in [-0.39, 0.29) is 11.9 Å². The molecule has 4 nitrogen and oxygen atoms in total. The molecule has 0 bridgehead atoms. The molecule has 0 aliphatic rings. The molecule has 2 aromatic rings. The number of rotatable bonds is 6. The topological polar surface area (TPSA) is 64.3 Å². The van der Waals surface area contributed by atoms with E-state index < -0.39 is 0 Å². The second-order valence-corrected chi connectivity index (χ2v) is 5.77. The Labute approximate surface area is 128 Å². The van der Waals surface area contributed by atoms with Gasteiger partial charge in [0.1, 0.15) is 10.6 Å². The van der Waals surface area contributed by atoms with Gasteiger partial charge in [-0.05, 0) is 25.5 Å². The Morgan fingerprint density at radius 1 is 1.38 bits per heavy atom. The van der Waals surface area contributed by atoms with E-state index in [1.165, 1.54) is 11.3 Å². The largest absolute Gasteiger partial charge is 0.492 e. The van der Waals surface area contributed by atoms with Crippen LogP contribution in [-0.4, -0.2) is 25.1 Å². The molecule has 1 aromatic heterocycles. The van der Waals surface area contributed by atoms with Gasteiger partial charge in [-0.1, -0.05) is 30.3 Å². The van der Waals surface area contributed by atoms with Gasteiger partial charge in [0.2, 0.25) is 0 Å². The lowest BCUT2D eigenvalue weighted by Gasteiger charge is -2.11. The second kappa shape index (κ2) is 7.24. The first-order chi connectivity index (χ1) is 10.2. The minimum absolute atomic E-state index is 0.0609. The van der Waals surface area contributed by atoms with Crippen molar-refractivity contribution < 1.29 is 9.53 Å². The van der Waals surface area contributed by atoms with Crippen LogP contribution >= 0.6 is 11.3 Å². The van der Waals surface area contributed by atoms with Crippen LogP contribution in [-0.2, 0) is 0 Å². The Bertz CT molecular complexity index is 596. The molecule has 0 fully saturated rings. The molecule has 0 aliphatic heterocycles. The van der Waals surface area contributed by atoms with E-state index in [9.17, 15) is 4.79 Å². The second-order valence-electron chi connectivity index (χ2n) is 4.71. The molecule has 0 unspecified atom stereocenters. The first-order valence-corrected chi connectivity index (χ1v) is 7.80. The maximum atomic E-state index is 12.3. The Morgan fingerprint density at radius 2 is 2.10 bits per heavy atom. The van der Waals surface area contributed by atoms with Gasteiger partial charge in [-0.25, -0.2) is 0 Å². The van der Waals surface area contributed by atoms with Crippen LogP contribution in [0.3, 0.4) is 0 Å². The summed E-state index contributed by atoms with van der Waals surface area (Å²) in [6.07, 6.45) is 0. The molecular weight excluding hydrogens is 284 g/mol. The molecule has 5 heteroatoms. The highest BCUT2D eigenvalue weighted by Gasteiger charge is 2.19. The van der Waals surface area contributed by atoms with Crippen LogP contribution in [0.15, 0.2) is 36.4 Å². The Hall–Kier alpha value is -1.85. The lowest BCUT2D eigenvalue weighted by molar-refractivity contribution is 0.0942. The SMILES string of the molecule is CCOc1cc(-c2ccccc2)sc1C(=O)N[C@@H](C)CN. The molecule has 21 heavy (non-hydrogen) atoms. The van der Waals surface area contributed by atoms with Gasteiger partial charge in [-0.15, -0.1) is 11.3 Å². The summed E-state index contributed by atoms with van der Waals surface area (Å²) in [5.74, 6) is 0.492. The third kappa shape index (κ3) is 3.83. The number of nitrogens with one attached hydrogen (secondary N) is 1. The quantitative estimate of drug-likeness (QED) is 0.862. The molecule has 0 aliphatic carbocycles. The van der Waals surface area contributed by atoms with Crippen LogP contribution in [0.5, 0.6) is 5.75 Å². The highest BCUT2D eigenvalue weighted by Crippen LogP contribution is 2.36. The predicted molar refractivity (Wildman–Crippen MR) is 86.9 cm³/mol. The summed E-state index contributed by atoms with van der Waals surface area (Å²) < 4.78 is 5.59. The zero-order valence-corrected chi connectivity index (χ0v) is 13.1. The van der Waals surface area contributed by atoms with Gasteiger partial charge < -0.3 is 15.8 Å². The summed E-state index contributed by atoms with van der Waals surface area (Å²) in [5.41, 5.74) is 6.63. The maximum Gasteiger partial charge on any atom is 0.265 e. The summed E-state index contributed by atoms with van der Waals surface area (Å²) >= 11 is 1.44. The van der Waals surface area contributed by atoms with E-state index in [1.807, 2.05) is 50.2 Å². The lowest BCUT2D eigenvalue weighted by atomic mass is 10.2. The number of carbonyl (C=O) groups is 1. The number of thiophene rings is 1. The van der Waals surface area contributed by atoms with E-state index in [2.05, 4.69) is 5.32 Å². The molecule has 1 amide bonds. The third-order valence-corrected chi connectivity index (χ3v) is 4.16. The van der Waals surface area contributed by atoms with Gasteiger partial charge in [0.05, 0.1) is 6.61 Å².